The van der Waals surface area contributed by atoms with Gasteiger partial charge >= 0.3 is 10.1 Å². The highest BCUT2D eigenvalue weighted by molar-refractivity contribution is 7.90. The van der Waals surface area contributed by atoms with Crippen molar-refractivity contribution < 1.29 is 13.0 Å². The van der Waals surface area contributed by atoms with Gasteiger partial charge in [0.2, 0.25) is 0 Å². The summed E-state index contributed by atoms with van der Waals surface area (Å²) in [7, 11) is -4.53. The lowest BCUT2D eigenvalue weighted by atomic mass is 10.2. The fourth-order valence-electron chi connectivity index (χ4n) is 0.713. The first-order valence-corrected chi connectivity index (χ1v) is 6.35. The van der Waals surface area contributed by atoms with E-state index < -0.39 is 19.2 Å². The van der Waals surface area contributed by atoms with Crippen LogP contribution in [0, 0.1) is 0 Å². The SMILES string of the molecule is CCCCC(Cl)C(Cl)(Cl)S(=O)(=O)O. The second-order valence-corrected chi connectivity index (χ2v) is 6.60. The molecule has 0 aliphatic rings. The number of unbranched alkanes of at least 4 members (excludes halogenated alkanes) is 1. The summed E-state index contributed by atoms with van der Waals surface area (Å²) in [6.45, 7) is 1.92. The van der Waals surface area contributed by atoms with Crippen LogP contribution in [0.25, 0.3) is 0 Å². The van der Waals surface area contributed by atoms with Crippen LogP contribution in [0.5, 0.6) is 0 Å². The van der Waals surface area contributed by atoms with E-state index in [4.69, 9.17) is 39.4 Å². The van der Waals surface area contributed by atoms with E-state index in [9.17, 15) is 8.42 Å². The standard InChI is InChI=1S/C6H11Cl3O3S/c1-2-3-4-5(7)6(8,9)13(10,11)12/h5H,2-4H2,1H3,(H,10,11,12). The van der Waals surface area contributed by atoms with Gasteiger partial charge < -0.3 is 0 Å². The highest BCUT2D eigenvalue weighted by Gasteiger charge is 2.45. The second-order valence-electron chi connectivity index (χ2n) is 2.65. The van der Waals surface area contributed by atoms with E-state index >= 15 is 0 Å². The maximum Gasteiger partial charge on any atom is 0.300 e. The lowest BCUT2D eigenvalue weighted by molar-refractivity contribution is 0.469. The van der Waals surface area contributed by atoms with E-state index in [0.29, 0.717) is 12.8 Å². The molecular formula is C6H11Cl3O3S. The van der Waals surface area contributed by atoms with Gasteiger partial charge in [-0.15, -0.1) is 11.6 Å². The lowest BCUT2D eigenvalue weighted by Gasteiger charge is -2.21. The molecule has 80 valence electrons. The second kappa shape index (κ2) is 5.03. The van der Waals surface area contributed by atoms with Crippen molar-refractivity contribution in [3.8, 4) is 0 Å². The van der Waals surface area contributed by atoms with Crippen LogP contribution in [-0.4, -0.2) is 22.0 Å². The quantitative estimate of drug-likeness (QED) is 0.617. The van der Waals surface area contributed by atoms with Gasteiger partial charge in [-0.1, -0.05) is 43.0 Å². The van der Waals surface area contributed by atoms with Crippen molar-refractivity contribution in [2.75, 3.05) is 0 Å². The van der Waals surface area contributed by atoms with E-state index in [-0.39, 0.29) is 0 Å². The summed E-state index contributed by atoms with van der Waals surface area (Å²) in [6.07, 6.45) is 1.88. The van der Waals surface area contributed by atoms with Gasteiger partial charge in [-0.05, 0) is 6.42 Å². The van der Waals surface area contributed by atoms with Crippen molar-refractivity contribution in [3.05, 3.63) is 0 Å². The Morgan fingerprint density at radius 3 is 2.23 bits per heavy atom. The van der Waals surface area contributed by atoms with Crippen molar-refractivity contribution in [2.45, 2.75) is 35.2 Å². The molecule has 0 rings (SSSR count). The molecule has 7 heteroatoms. The summed E-state index contributed by atoms with van der Waals surface area (Å²) >= 11 is 16.4. The van der Waals surface area contributed by atoms with Crippen LogP contribution < -0.4 is 0 Å². The molecule has 3 nitrogen and oxygen atoms in total. The highest BCUT2D eigenvalue weighted by Crippen LogP contribution is 2.36. The van der Waals surface area contributed by atoms with E-state index in [1.807, 2.05) is 6.92 Å². The van der Waals surface area contributed by atoms with Gasteiger partial charge in [-0.3, -0.25) is 4.55 Å². The molecule has 0 aromatic carbocycles. The molecule has 0 saturated heterocycles. The van der Waals surface area contributed by atoms with Gasteiger partial charge in [0, 0.05) is 0 Å². The fourth-order valence-corrected chi connectivity index (χ4v) is 1.86. The molecule has 0 radical (unpaired) electrons. The number of hydrogen-bond acceptors (Lipinski definition) is 2. The Kier molecular flexibility index (Phi) is 5.33. The van der Waals surface area contributed by atoms with E-state index in [1.54, 1.807) is 0 Å². The molecule has 0 aromatic heterocycles. The number of alkyl halides is 3. The van der Waals surface area contributed by atoms with Gasteiger partial charge in [-0.25, -0.2) is 0 Å². The largest absolute Gasteiger partial charge is 0.300 e. The predicted molar refractivity (Wildman–Crippen MR) is 55.2 cm³/mol. The van der Waals surface area contributed by atoms with E-state index in [2.05, 4.69) is 0 Å². The predicted octanol–water partition coefficient (Wildman–Crippen LogP) is 2.80. The third-order valence-corrected chi connectivity index (χ3v) is 5.09. The average Bonchev–Trinajstić information content (AvgIpc) is 1.97. The van der Waals surface area contributed by atoms with Crippen LogP contribution in [0.15, 0.2) is 0 Å². The smallest absolute Gasteiger partial charge is 0.283 e. The van der Waals surface area contributed by atoms with Gasteiger partial charge in [0.15, 0.2) is 0 Å². The molecule has 0 bridgehead atoms. The molecular weight excluding hydrogens is 258 g/mol. The average molecular weight is 270 g/mol. The maximum atomic E-state index is 10.7. The van der Waals surface area contributed by atoms with Gasteiger partial charge in [0.05, 0.1) is 5.38 Å². The monoisotopic (exact) mass is 268 g/mol. The zero-order chi connectivity index (χ0) is 10.7. The molecule has 0 heterocycles. The molecule has 0 aliphatic carbocycles. The van der Waals surface area contributed by atoms with Crippen LogP contribution in [0.2, 0.25) is 0 Å². The Bertz CT molecular complexity index is 250. The van der Waals surface area contributed by atoms with E-state index in [1.165, 1.54) is 0 Å². The molecule has 0 aliphatic heterocycles. The lowest BCUT2D eigenvalue weighted by Crippen LogP contribution is -2.35. The van der Waals surface area contributed by atoms with Crippen molar-refractivity contribution in [1.29, 1.82) is 0 Å². The summed E-state index contributed by atoms with van der Waals surface area (Å²) in [6, 6.07) is 0. The molecule has 0 fully saturated rings. The van der Waals surface area contributed by atoms with Crippen molar-refractivity contribution in [3.63, 3.8) is 0 Å². The molecule has 0 amide bonds. The molecule has 0 saturated carbocycles. The summed E-state index contributed by atoms with van der Waals surface area (Å²) < 4.78 is 27.7. The third-order valence-electron chi connectivity index (χ3n) is 1.52. The zero-order valence-corrected chi connectivity index (χ0v) is 10.1. The molecule has 1 N–H and O–H groups in total. The fraction of sp³-hybridized carbons (Fsp3) is 1.00. The first kappa shape index (κ1) is 13.8. The minimum absolute atomic E-state index is 0.338. The summed E-state index contributed by atoms with van der Waals surface area (Å²) in [5.74, 6) is 0. The maximum absolute atomic E-state index is 10.7. The van der Waals surface area contributed by atoms with Crippen LogP contribution in [-0.2, 0) is 10.1 Å². The Hall–Kier alpha value is 0.780. The van der Waals surface area contributed by atoms with Gasteiger partial charge in [0.1, 0.15) is 0 Å². The summed E-state index contributed by atoms with van der Waals surface area (Å²) in [5.41, 5.74) is 0. The third kappa shape index (κ3) is 3.80. The highest BCUT2D eigenvalue weighted by atomic mass is 35.5. The van der Waals surface area contributed by atoms with E-state index in [0.717, 1.165) is 6.42 Å². The zero-order valence-electron chi connectivity index (χ0n) is 7.00. The van der Waals surface area contributed by atoms with Crippen molar-refractivity contribution in [2.24, 2.45) is 0 Å². The van der Waals surface area contributed by atoms with Gasteiger partial charge in [-0.2, -0.15) is 8.42 Å². The number of hydrogen-bond donors (Lipinski definition) is 1. The normalized spacial score (nSPS) is 15.8. The molecule has 0 spiro atoms. The Morgan fingerprint density at radius 2 is 1.92 bits per heavy atom. The molecule has 1 atom stereocenters. The Labute approximate surface area is 93.1 Å². The first-order valence-electron chi connectivity index (χ1n) is 3.72. The summed E-state index contributed by atoms with van der Waals surface area (Å²) in [4.78, 5) is 0. The molecule has 1 unspecified atom stereocenters. The van der Waals surface area contributed by atoms with Crippen molar-refractivity contribution >= 4 is 44.9 Å². The Balaban J connectivity index is 4.46. The van der Waals surface area contributed by atoms with Crippen LogP contribution in [0.1, 0.15) is 26.2 Å². The van der Waals surface area contributed by atoms with Crippen LogP contribution in [0.4, 0.5) is 0 Å². The number of halogens is 3. The molecule has 0 aromatic rings. The Morgan fingerprint density at radius 1 is 1.46 bits per heavy atom. The van der Waals surface area contributed by atoms with Crippen molar-refractivity contribution in [1.82, 2.24) is 0 Å². The van der Waals surface area contributed by atoms with Crippen LogP contribution in [0.3, 0.4) is 0 Å². The first-order chi connectivity index (χ1) is 5.73. The number of rotatable bonds is 5. The topological polar surface area (TPSA) is 54.4 Å². The van der Waals surface area contributed by atoms with Crippen LogP contribution >= 0.6 is 34.8 Å². The summed E-state index contributed by atoms with van der Waals surface area (Å²) in [5, 5.41) is -1.01. The molecule has 13 heavy (non-hydrogen) atoms. The van der Waals surface area contributed by atoms with Gasteiger partial charge in [0.25, 0.3) is 3.67 Å². The minimum Gasteiger partial charge on any atom is -0.283 e. The minimum atomic E-state index is -4.53.